The highest BCUT2D eigenvalue weighted by molar-refractivity contribution is 7.89. The molecule has 1 heterocycles. The molecule has 0 aliphatic carbocycles. The van der Waals surface area contributed by atoms with Gasteiger partial charge in [0.05, 0.1) is 10.5 Å². The van der Waals surface area contributed by atoms with Gasteiger partial charge in [0.25, 0.3) is 0 Å². The zero-order chi connectivity index (χ0) is 15.0. The van der Waals surface area contributed by atoms with Gasteiger partial charge in [0.15, 0.2) is 0 Å². The molecule has 1 fully saturated rings. The molecule has 0 radical (unpaired) electrons. The Labute approximate surface area is 119 Å². The smallest absolute Gasteiger partial charge is 0.315 e. The summed E-state index contributed by atoms with van der Waals surface area (Å²) in [5, 5.41) is 2.76. The number of hydrogen-bond acceptors (Lipinski definition) is 3. The maximum Gasteiger partial charge on any atom is 0.417 e. The fraction of sp³-hybridized carbons (Fsp3) is 0.455. The van der Waals surface area contributed by atoms with Crippen LogP contribution >= 0.6 is 11.6 Å². The highest BCUT2D eigenvalue weighted by Crippen LogP contribution is 2.35. The summed E-state index contributed by atoms with van der Waals surface area (Å²) in [5.41, 5.74) is -1.26. The molecule has 112 valence electrons. The van der Waals surface area contributed by atoms with Gasteiger partial charge in [-0.3, -0.25) is 0 Å². The molecule has 1 aliphatic rings. The predicted molar refractivity (Wildman–Crippen MR) is 68.1 cm³/mol. The van der Waals surface area contributed by atoms with Gasteiger partial charge in [0, 0.05) is 17.6 Å². The molecule has 0 bridgehead atoms. The van der Waals surface area contributed by atoms with Gasteiger partial charge in [-0.15, -0.1) is 0 Å². The van der Waals surface area contributed by atoms with Gasteiger partial charge < -0.3 is 5.32 Å². The van der Waals surface area contributed by atoms with Crippen molar-refractivity contribution < 1.29 is 21.6 Å². The summed E-state index contributed by atoms with van der Waals surface area (Å²) in [6.07, 6.45) is -4.25. The summed E-state index contributed by atoms with van der Waals surface area (Å²) < 4.78 is 65.2. The monoisotopic (exact) mass is 328 g/mol. The Morgan fingerprint density at radius 2 is 2.05 bits per heavy atom. The molecule has 0 saturated carbocycles. The van der Waals surface area contributed by atoms with E-state index in [0.717, 1.165) is 12.1 Å². The predicted octanol–water partition coefficient (Wildman–Crippen LogP) is 2.00. The lowest BCUT2D eigenvalue weighted by Crippen LogP contribution is -2.37. The van der Waals surface area contributed by atoms with Crippen LogP contribution in [-0.4, -0.2) is 27.5 Å². The second-order valence-electron chi connectivity index (χ2n) is 4.45. The lowest BCUT2D eigenvalue weighted by Gasteiger charge is -2.16. The van der Waals surface area contributed by atoms with Crippen molar-refractivity contribution in [1.29, 1.82) is 0 Å². The first-order chi connectivity index (χ1) is 9.20. The van der Waals surface area contributed by atoms with Gasteiger partial charge in [-0.1, -0.05) is 11.6 Å². The summed E-state index contributed by atoms with van der Waals surface area (Å²) in [4.78, 5) is -0.804. The third-order valence-electron chi connectivity index (χ3n) is 2.92. The number of hydrogen-bond donors (Lipinski definition) is 2. The van der Waals surface area contributed by atoms with Gasteiger partial charge in [-0.25, -0.2) is 13.1 Å². The molecular weight excluding hydrogens is 317 g/mol. The molecule has 20 heavy (non-hydrogen) atoms. The SMILES string of the molecule is O=S(=O)(NC1CCNC1)c1ccc(Cl)cc1C(F)(F)F. The number of halogens is 4. The molecule has 2 rings (SSSR count). The Hall–Kier alpha value is -0.830. The molecule has 1 atom stereocenters. The maximum absolute atomic E-state index is 12.9. The minimum absolute atomic E-state index is 0.168. The second kappa shape index (κ2) is 5.51. The number of alkyl halides is 3. The van der Waals surface area contributed by atoms with Crippen LogP contribution < -0.4 is 10.0 Å². The maximum atomic E-state index is 12.9. The van der Waals surface area contributed by atoms with Crippen LogP contribution in [0.5, 0.6) is 0 Å². The molecule has 1 aliphatic heterocycles. The van der Waals surface area contributed by atoms with E-state index in [9.17, 15) is 21.6 Å². The molecule has 0 amide bonds. The fourth-order valence-electron chi connectivity index (χ4n) is 2.00. The Balaban J connectivity index is 2.40. The highest BCUT2D eigenvalue weighted by Gasteiger charge is 2.38. The molecule has 0 aromatic heterocycles. The Kier molecular flexibility index (Phi) is 4.29. The van der Waals surface area contributed by atoms with E-state index in [4.69, 9.17) is 11.6 Å². The van der Waals surface area contributed by atoms with Crippen molar-refractivity contribution in [2.24, 2.45) is 0 Å². The van der Waals surface area contributed by atoms with Crippen LogP contribution in [-0.2, 0) is 16.2 Å². The Bertz CT molecular complexity index is 598. The van der Waals surface area contributed by atoms with Crippen molar-refractivity contribution in [1.82, 2.24) is 10.0 Å². The van der Waals surface area contributed by atoms with Crippen molar-refractivity contribution in [3.8, 4) is 0 Å². The summed E-state index contributed by atoms with van der Waals surface area (Å²) in [5.74, 6) is 0. The van der Waals surface area contributed by atoms with Crippen molar-refractivity contribution in [3.05, 3.63) is 28.8 Å². The lowest BCUT2D eigenvalue weighted by atomic mass is 10.2. The first kappa shape index (κ1) is 15.6. The Morgan fingerprint density at radius 3 is 2.60 bits per heavy atom. The Morgan fingerprint density at radius 1 is 1.35 bits per heavy atom. The minimum atomic E-state index is -4.79. The van der Waals surface area contributed by atoms with E-state index in [1.54, 1.807) is 0 Å². The van der Waals surface area contributed by atoms with Gasteiger partial charge in [-0.05, 0) is 31.2 Å². The summed E-state index contributed by atoms with van der Waals surface area (Å²) in [7, 11) is -4.24. The van der Waals surface area contributed by atoms with E-state index in [1.807, 2.05) is 0 Å². The van der Waals surface area contributed by atoms with Crippen LogP contribution in [0.2, 0.25) is 5.02 Å². The van der Waals surface area contributed by atoms with Crippen molar-refractivity contribution >= 4 is 21.6 Å². The number of benzene rings is 1. The standard InChI is InChI=1S/C11H12ClF3N2O2S/c12-7-1-2-10(9(5-7)11(13,14)15)20(18,19)17-8-3-4-16-6-8/h1-2,5,8,16-17H,3-4,6H2. The largest absolute Gasteiger partial charge is 0.417 e. The molecule has 1 aromatic rings. The molecular formula is C11H12ClF3N2O2S. The topological polar surface area (TPSA) is 58.2 Å². The summed E-state index contributed by atoms with van der Waals surface area (Å²) in [6.45, 7) is 1.02. The minimum Gasteiger partial charge on any atom is -0.315 e. The van der Waals surface area contributed by atoms with Gasteiger partial charge in [0.2, 0.25) is 10.0 Å². The fourth-order valence-corrected chi connectivity index (χ4v) is 3.65. The van der Waals surface area contributed by atoms with Crippen LogP contribution in [0.1, 0.15) is 12.0 Å². The van der Waals surface area contributed by atoms with E-state index < -0.39 is 32.7 Å². The van der Waals surface area contributed by atoms with Crippen molar-refractivity contribution in [3.63, 3.8) is 0 Å². The van der Waals surface area contributed by atoms with E-state index in [-0.39, 0.29) is 5.02 Å². The van der Waals surface area contributed by atoms with E-state index in [0.29, 0.717) is 25.6 Å². The molecule has 1 aromatic carbocycles. The first-order valence-electron chi connectivity index (χ1n) is 5.80. The quantitative estimate of drug-likeness (QED) is 0.892. The summed E-state index contributed by atoms with van der Waals surface area (Å²) in [6, 6.07) is 2.20. The second-order valence-corrected chi connectivity index (χ2v) is 6.57. The van der Waals surface area contributed by atoms with E-state index in [1.165, 1.54) is 0 Å². The molecule has 4 nitrogen and oxygen atoms in total. The average molecular weight is 329 g/mol. The van der Waals surface area contributed by atoms with Crippen LogP contribution in [0.15, 0.2) is 23.1 Å². The molecule has 1 unspecified atom stereocenters. The zero-order valence-corrected chi connectivity index (χ0v) is 11.7. The molecule has 0 spiro atoms. The molecule has 1 saturated heterocycles. The van der Waals surface area contributed by atoms with Crippen LogP contribution in [0.25, 0.3) is 0 Å². The van der Waals surface area contributed by atoms with Crippen molar-refractivity contribution in [2.45, 2.75) is 23.5 Å². The zero-order valence-electron chi connectivity index (χ0n) is 10.2. The normalized spacial score (nSPS) is 20.3. The number of rotatable bonds is 3. The van der Waals surface area contributed by atoms with E-state index in [2.05, 4.69) is 10.0 Å². The molecule has 2 N–H and O–H groups in total. The molecule has 9 heteroatoms. The van der Waals surface area contributed by atoms with E-state index >= 15 is 0 Å². The van der Waals surface area contributed by atoms with Crippen LogP contribution in [0.4, 0.5) is 13.2 Å². The third-order valence-corrected chi connectivity index (χ3v) is 4.73. The van der Waals surface area contributed by atoms with Gasteiger partial charge in [-0.2, -0.15) is 13.2 Å². The summed E-state index contributed by atoms with van der Waals surface area (Å²) >= 11 is 5.52. The average Bonchev–Trinajstić information content (AvgIpc) is 2.79. The first-order valence-corrected chi connectivity index (χ1v) is 7.66. The number of sulfonamides is 1. The third kappa shape index (κ3) is 3.43. The number of nitrogens with one attached hydrogen (secondary N) is 2. The van der Waals surface area contributed by atoms with Gasteiger partial charge in [0.1, 0.15) is 0 Å². The van der Waals surface area contributed by atoms with Crippen LogP contribution in [0.3, 0.4) is 0 Å². The van der Waals surface area contributed by atoms with Crippen molar-refractivity contribution in [2.75, 3.05) is 13.1 Å². The highest BCUT2D eigenvalue weighted by atomic mass is 35.5. The van der Waals surface area contributed by atoms with Crippen LogP contribution in [0, 0.1) is 0 Å². The van der Waals surface area contributed by atoms with Gasteiger partial charge >= 0.3 is 6.18 Å². The lowest BCUT2D eigenvalue weighted by molar-refractivity contribution is -0.139.